The van der Waals surface area contributed by atoms with E-state index < -0.39 is 0 Å². The van der Waals surface area contributed by atoms with Gasteiger partial charge in [-0.2, -0.15) is 0 Å². The molecule has 1 saturated heterocycles. The zero-order valence-electron chi connectivity index (χ0n) is 9.76. The van der Waals surface area contributed by atoms with Crippen LogP contribution in [0.5, 0.6) is 0 Å². The van der Waals surface area contributed by atoms with Gasteiger partial charge < -0.3 is 10.2 Å². The number of hydrogen-bond acceptors (Lipinski definition) is 2. The highest BCUT2D eigenvalue weighted by Gasteiger charge is 2.39. The van der Waals surface area contributed by atoms with Gasteiger partial charge in [0.15, 0.2) is 0 Å². The fourth-order valence-corrected chi connectivity index (χ4v) is 3.38. The topological polar surface area (TPSA) is 15.3 Å². The lowest BCUT2D eigenvalue weighted by atomic mass is 9.85. The molecule has 0 aliphatic carbocycles. The third-order valence-corrected chi connectivity index (χ3v) is 4.20. The van der Waals surface area contributed by atoms with E-state index in [2.05, 4.69) is 52.7 Å². The SMILES string of the molecule is C1=CCN2CCC3c4ccccc4NC3C2=C1. The third kappa shape index (κ3) is 1.27. The van der Waals surface area contributed by atoms with Gasteiger partial charge in [-0.3, -0.25) is 0 Å². The molecule has 1 fully saturated rings. The number of piperidine rings is 1. The Kier molecular flexibility index (Phi) is 1.87. The van der Waals surface area contributed by atoms with Gasteiger partial charge in [0.1, 0.15) is 0 Å². The molecule has 1 N–H and O–H groups in total. The Labute approximate surface area is 102 Å². The molecule has 0 amide bonds. The van der Waals surface area contributed by atoms with Gasteiger partial charge in [0, 0.05) is 30.4 Å². The van der Waals surface area contributed by atoms with Crippen LogP contribution < -0.4 is 5.32 Å². The van der Waals surface area contributed by atoms with Crippen LogP contribution >= 0.6 is 0 Å². The Bertz CT molecular complexity index is 515. The van der Waals surface area contributed by atoms with Crippen molar-refractivity contribution in [2.45, 2.75) is 18.4 Å². The number of rotatable bonds is 0. The number of nitrogens with one attached hydrogen (secondary N) is 1. The predicted molar refractivity (Wildman–Crippen MR) is 70.0 cm³/mol. The highest BCUT2D eigenvalue weighted by atomic mass is 15.2. The van der Waals surface area contributed by atoms with E-state index in [1.807, 2.05) is 0 Å². The van der Waals surface area contributed by atoms with E-state index in [-0.39, 0.29) is 0 Å². The standard InChI is InChI=1S/C15H16N2/c1-2-6-13-11(5-1)12-8-10-17-9-4-3-7-14(17)15(12)16-13/h1-7,12,15-16H,8-10H2. The third-order valence-electron chi connectivity index (χ3n) is 4.20. The summed E-state index contributed by atoms with van der Waals surface area (Å²) in [6.07, 6.45) is 7.98. The minimum absolute atomic E-state index is 0.492. The van der Waals surface area contributed by atoms with Gasteiger partial charge in [0.2, 0.25) is 0 Å². The maximum absolute atomic E-state index is 3.69. The first-order valence-corrected chi connectivity index (χ1v) is 6.40. The van der Waals surface area contributed by atoms with Crippen molar-refractivity contribution < 1.29 is 0 Å². The molecule has 86 valence electrons. The molecule has 0 saturated carbocycles. The number of nitrogens with zero attached hydrogens (tertiary/aromatic N) is 1. The molecule has 0 spiro atoms. The molecule has 0 bridgehead atoms. The van der Waals surface area contributed by atoms with Crippen LogP contribution in [0, 0.1) is 0 Å². The minimum atomic E-state index is 0.492. The Balaban J connectivity index is 1.77. The van der Waals surface area contributed by atoms with Crippen molar-refractivity contribution in [1.82, 2.24) is 4.90 Å². The zero-order chi connectivity index (χ0) is 11.2. The molecule has 17 heavy (non-hydrogen) atoms. The second kappa shape index (κ2) is 3.39. The molecule has 2 nitrogen and oxygen atoms in total. The number of allylic oxidation sites excluding steroid dienone is 2. The molecular weight excluding hydrogens is 208 g/mol. The molecule has 2 heteroatoms. The van der Waals surface area contributed by atoms with Crippen LogP contribution in [0.15, 0.2) is 48.2 Å². The second-order valence-corrected chi connectivity index (χ2v) is 5.07. The molecule has 3 aliphatic heterocycles. The van der Waals surface area contributed by atoms with Crippen molar-refractivity contribution in [3.05, 3.63) is 53.8 Å². The summed E-state index contributed by atoms with van der Waals surface area (Å²) in [5.74, 6) is 0.667. The van der Waals surface area contributed by atoms with Gasteiger partial charge in [-0.15, -0.1) is 0 Å². The monoisotopic (exact) mass is 224 g/mol. The lowest BCUT2D eigenvalue weighted by Crippen LogP contribution is -2.42. The van der Waals surface area contributed by atoms with Crippen molar-refractivity contribution in [3.63, 3.8) is 0 Å². The smallest absolute Gasteiger partial charge is 0.0731 e. The molecule has 2 unspecified atom stereocenters. The summed E-state index contributed by atoms with van der Waals surface area (Å²) in [5, 5.41) is 3.69. The average Bonchev–Trinajstić information content (AvgIpc) is 2.78. The normalized spacial score (nSPS) is 28.9. The van der Waals surface area contributed by atoms with E-state index >= 15 is 0 Å². The molecule has 3 heterocycles. The van der Waals surface area contributed by atoms with Gasteiger partial charge in [0.05, 0.1) is 6.04 Å². The summed E-state index contributed by atoms with van der Waals surface area (Å²) in [5.41, 5.74) is 4.31. The number of benzene rings is 1. The van der Waals surface area contributed by atoms with E-state index in [0.717, 1.165) is 6.54 Å². The van der Waals surface area contributed by atoms with Crippen LogP contribution in [0.3, 0.4) is 0 Å². The molecule has 2 atom stereocenters. The molecule has 4 rings (SSSR count). The van der Waals surface area contributed by atoms with Gasteiger partial charge in [0.25, 0.3) is 0 Å². The van der Waals surface area contributed by atoms with Crippen LogP contribution in [0.4, 0.5) is 5.69 Å². The molecule has 1 aromatic rings. The maximum atomic E-state index is 3.69. The Morgan fingerprint density at radius 1 is 1.24 bits per heavy atom. The predicted octanol–water partition coefficient (Wildman–Crippen LogP) is 2.72. The van der Waals surface area contributed by atoms with Crippen LogP contribution in [0.25, 0.3) is 0 Å². The highest BCUT2D eigenvalue weighted by molar-refractivity contribution is 5.62. The first kappa shape index (κ1) is 9.34. The van der Waals surface area contributed by atoms with E-state index in [0.29, 0.717) is 12.0 Å². The largest absolute Gasteiger partial charge is 0.376 e. The van der Waals surface area contributed by atoms with E-state index in [4.69, 9.17) is 0 Å². The number of fused-ring (bicyclic) bond motifs is 5. The zero-order valence-corrected chi connectivity index (χ0v) is 9.76. The van der Waals surface area contributed by atoms with Crippen molar-refractivity contribution >= 4 is 5.69 Å². The molecule has 0 radical (unpaired) electrons. The van der Waals surface area contributed by atoms with E-state index in [1.165, 1.54) is 29.9 Å². The number of hydrogen-bond donors (Lipinski definition) is 1. The van der Waals surface area contributed by atoms with Gasteiger partial charge in [-0.1, -0.05) is 30.4 Å². The summed E-state index contributed by atoms with van der Waals surface area (Å²) in [7, 11) is 0. The minimum Gasteiger partial charge on any atom is -0.376 e. The molecule has 0 aromatic heterocycles. The van der Waals surface area contributed by atoms with Gasteiger partial charge in [-0.25, -0.2) is 0 Å². The molecule has 1 aromatic carbocycles. The Morgan fingerprint density at radius 3 is 3.18 bits per heavy atom. The van der Waals surface area contributed by atoms with E-state index in [9.17, 15) is 0 Å². The number of anilines is 1. The quantitative estimate of drug-likeness (QED) is 0.729. The average molecular weight is 224 g/mol. The summed E-state index contributed by atoms with van der Waals surface area (Å²) in [6.45, 7) is 2.26. The summed E-state index contributed by atoms with van der Waals surface area (Å²) < 4.78 is 0. The number of para-hydroxylation sites is 1. The van der Waals surface area contributed by atoms with Crippen LogP contribution in [-0.2, 0) is 0 Å². The van der Waals surface area contributed by atoms with E-state index in [1.54, 1.807) is 0 Å². The first-order valence-electron chi connectivity index (χ1n) is 6.40. The van der Waals surface area contributed by atoms with Gasteiger partial charge in [-0.05, 0) is 24.1 Å². The summed E-state index contributed by atoms with van der Waals surface area (Å²) in [4.78, 5) is 2.50. The Hall–Kier alpha value is -1.70. The lowest BCUT2D eigenvalue weighted by molar-refractivity contribution is 0.284. The van der Waals surface area contributed by atoms with Crippen LogP contribution in [-0.4, -0.2) is 24.0 Å². The molecule has 3 aliphatic rings. The van der Waals surface area contributed by atoms with Crippen molar-refractivity contribution in [1.29, 1.82) is 0 Å². The fraction of sp³-hybridized carbons (Fsp3) is 0.333. The van der Waals surface area contributed by atoms with Crippen LogP contribution in [0.1, 0.15) is 17.9 Å². The first-order chi connectivity index (χ1) is 8.43. The summed E-state index contributed by atoms with van der Waals surface area (Å²) in [6, 6.07) is 9.26. The van der Waals surface area contributed by atoms with Crippen molar-refractivity contribution in [2.24, 2.45) is 0 Å². The molecular formula is C15H16N2. The summed E-state index contributed by atoms with van der Waals surface area (Å²) >= 11 is 0. The highest BCUT2D eigenvalue weighted by Crippen LogP contribution is 2.44. The van der Waals surface area contributed by atoms with Crippen LogP contribution in [0.2, 0.25) is 0 Å². The van der Waals surface area contributed by atoms with Crippen molar-refractivity contribution in [2.75, 3.05) is 18.4 Å². The van der Waals surface area contributed by atoms with Gasteiger partial charge >= 0.3 is 0 Å². The Morgan fingerprint density at radius 2 is 2.18 bits per heavy atom. The lowest BCUT2D eigenvalue weighted by Gasteiger charge is -2.40. The maximum Gasteiger partial charge on any atom is 0.0731 e. The fourth-order valence-electron chi connectivity index (χ4n) is 3.38. The second-order valence-electron chi connectivity index (χ2n) is 5.07. The van der Waals surface area contributed by atoms with Crippen molar-refractivity contribution in [3.8, 4) is 0 Å².